The first-order chi connectivity index (χ1) is 7.61. The van der Waals surface area contributed by atoms with Gasteiger partial charge in [-0.25, -0.2) is 4.68 Å². The zero-order valence-electron chi connectivity index (χ0n) is 9.05. The van der Waals surface area contributed by atoms with Crippen molar-refractivity contribution in [1.82, 2.24) is 20.0 Å². The molecule has 2 heterocycles. The number of pyridine rings is 1. The Bertz CT molecular complexity index is 488. The van der Waals surface area contributed by atoms with Gasteiger partial charge in [-0.05, 0) is 40.0 Å². The molecule has 0 aromatic carbocycles. The van der Waals surface area contributed by atoms with Crippen molar-refractivity contribution in [3.63, 3.8) is 0 Å². The van der Waals surface area contributed by atoms with E-state index in [2.05, 4.69) is 31.2 Å². The van der Waals surface area contributed by atoms with Gasteiger partial charge in [-0.15, -0.1) is 5.10 Å². The van der Waals surface area contributed by atoms with Crippen molar-refractivity contribution < 1.29 is 0 Å². The molecule has 0 fully saturated rings. The average Bonchev–Trinajstić information content (AvgIpc) is 2.58. The van der Waals surface area contributed by atoms with E-state index in [1.807, 2.05) is 20.0 Å². The van der Waals surface area contributed by atoms with Crippen LogP contribution in [-0.4, -0.2) is 20.0 Å². The average molecular weight is 282 g/mol. The van der Waals surface area contributed by atoms with Crippen LogP contribution < -0.4 is 5.73 Å². The summed E-state index contributed by atoms with van der Waals surface area (Å²) in [7, 11) is 1.82. The van der Waals surface area contributed by atoms with Crippen molar-refractivity contribution in [3.8, 4) is 0 Å². The van der Waals surface area contributed by atoms with Crippen molar-refractivity contribution in [2.45, 2.75) is 13.0 Å². The van der Waals surface area contributed by atoms with Crippen molar-refractivity contribution in [1.29, 1.82) is 0 Å². The molecule has 0 saturated heterocycles. The van der Waals surface area contributed by atoms with E-state index in [-0.39, 0.29) is 6.04 Å². The van der Waals surface area contributed by atoms with Gasteiger partial charge in [-0.1, -0.05) is 5.21 Å². The number of nitrogens with two attached hydrogens (primary N) is 1. The van der Waals surface area contributed by atoms with E-state index >= 15 is 0 Å². The van der Waals surface area contributed by atoms with Crippen LogP contribution in [0.2, 0.25) is 0 Å². The molecule has 0 amide bonds. The van der Waals surface area contributed by atoms with Gasteiger partial charge in [0.25, 0.3) is 0 Å². The van der Waals surface area contributed by atoms with Crippen molar-refractivity contribution >= 4 is 15.9 Å². The highest BCUT2D eigenvalue weighted by Gasteiger charge is 2.19. The Balaban J connectivity index is 2.47. The normalized spacial score (nSPS) is 12.8. The fourth-order valence-corrected chi connectivity index (χ4v) is 2.22. The highest BCUT2D eigenvalue weighted by molar-refractivity contribution is 9.10. The second-order valence-electron chi connectivity index (χ2n) is 3.60. The van der Waals surface area contributed by atoms with Gasteiger partial charge in [0.2, 0.25) is 0 Å². The molecule has 2 rings (SSSR count). The Kier molecular flexibility index (Phi) is 3.02. The fourth-order valence-electron chi connectivity index (χ4n) is 1.65. The van der Waals surface area contributed by atoms with Crippen molar-refractivity contribution in [2.75, 3.05) is 0 Å². The molecule has 5 nitrogen and oxygen atoms in total. The summed E-state index contributed by atoms with van der Waals surface area (Å²) in [5.74, 6) is 0. The SMILES string of the molecule is Cc1cnccc1C(N)c1c(Br)nnn1C. The smallest absolute Gasteiger partial charge is 0.153 e. The van der Waals surface area contributed by atoms with Gasteiger partial charge in [0.15, 0.2) is 4.60 Å². The molecule has 84 valence electrons. The maximum atomic E-state index is 6.20. The Labute approximate surface area is 102 Å². The molecule has 0 saturated carbocycles. The van der Waals surface area contributed by atoms with Crippen LogP contribution in [-0.2, 0) is 7.05 Å². The summed E-state index contributed by atoms with van der Waals surface area (Å²) in [6, 6.07) is 1.66. The summed E-state index contributed by atoms with van der Waals surface area (Å²) in [5, 5.41) is 7.84. The van der Waals surface area contributed by atoms with Gasteiger partial charge < -0.3 is 5.73 Å². The zero-order chi connectivity index (χ0) is 11.7. The number of aryl methyl sites for hydroxylation is 2. The van der Waals surface area contributed by atoms with E-state index in [0.717, 1.165) is 16.8 Å². The summed E-state index contributed by atoms with van der Waals surface area (Å²) in [4.78, 5) is 4.05. The van der Waals surface area contributed by atoms with E-state index in [9.17, 15) is 0 Å². The van der Waals surface area contributed by atoms with E-state index in [1.54, 1.807) is 17.1 Å². The van der Waals surface area contributed by atoms with E-state index in [4.69, 9.17) is 5.73 Å². The predicted octanol–water partition coefficient (Wildman–Crippen LogP) is 1.33. The number of halogens is 1. The second kappa shape index (κ2) is 4.31. The van der Waals surface area contributed by atoms with Crippen LogP contribution >= 0.6 is 15.9 Å². The van der Waals surface area contributed by atoms with E-state index < -0.39 is 0 Å². The molecule has 0 spiro atoms. The van der Waals surface area contributed by atoms with Gasteiger partial charge in [-0.2, -0.15) is 0 Å². The number of aromatic nitrogens is 4. The third-order valence-corrected chi connectivity index (χ3v) is 3.08. The minimum atomic E-state index is -0.252. The van der Waals surface area contributed by atoms with Gasteiger partial charge >= 0.3 is 0 Å². The molecule has 2 N–H and O–H groups in total. The van der Waals surface area contributed by atoms with Gasteiger partial charge in [0.1, 0.15) is 0 Å². The van der Waals surface area contributed by atoms with E-state index in [0.29, 0.717) is 4.60 Å². The molecule has 0 aliphatic heterocycles. The molecular formula is C10H12BrN5. The third kappa shape index (κ3) is 1.85. The number of hydrogen-bond acceptors (Lipinski definition) is 4. The lowest BCUT2D eigenvalue weighted by Gasteiger charge is -2.14. The molecule has 16 heavy (non-hydrogen) atoms. The molecule has 0 bridgehead atoms. The molecule has 2 aromatic heterocycles. The van der Waals surface area contributed by atoms with Crippen LogP contribution in [0.15, 0.2) is 23.1 Å². The van der Waals surface area contributed by atoms with Crippen LogP contribution in [0.3, 0.4) is 0 Å². The summed E-state index contributed by atoms with van der Waals surface area (Å²) in [5.41, 5.74) is 9.15. The number of hydrogen-bond donors (Lipinski definition) is 1. The fraction of sp³-hybridized carbons (Fsp3) is 0.300. The largest absolute Gasteiger partial charge is 0.319 e. The Morgan fingerprint density at radius 3 is 2.81 bits per heavy atom. The van der Waals surface area contributed by atoms with Crippen LogP contribution in [0.1, 0.15) is 22.9 Å². The predicted molar refractivity (Wildman–Crippen MR) is 63.7 cm³/mol. The maximum Gasteiger partial charge on any atom is 0.153 e. The minimum Gasteiger partial charge on any atom is -0.319 e. The van der Waals surface area contributed by atoms with Gasteiger partial charge in [0, 0.05) is 19.4 Å². The van der Waals surface area contributed by atoms with Crippen molar-refractivity contribution in [3.05, 3.63) is 39.9 Å². The Morgan fingerprint density at radius 1 is 1.50 bits per heavy atom. The first-order valence-corrected chi connectivity index (χ1v) is 5.61. The van der Waals surface area contributed by atoms with Crippen LogP contribution in [0.4, 0.5) is 0 Å². The molecule has 2 aromatic rings. The molecular weight excluding hydrogens is 270 g/mol. The number of nitrogens with zero attached hydrogens (tertiary/aromatic N) is 4. The van der Waals surface area contributed by atoms with Gasteiger partial charge in [-0.3, -0.25) is 4.98 Å². The first kappa shape index (κ1) is 11.2. The molecule has 6 heteroatoms. The Hall–Kier alpha value is -1.27. The topological polar surface area (TPSA) is 69.6 Å². The second-order valence-corrected chi connectivity index (χ2v) is 4.35. The lowest BCUT2D eigenvalue weighted by molar-refractivity contribution is 0.649. The van der Waals surface area contributed by atoms with Crippen molar-refractivity contribution in [2.24, 2.45) is 12.8 Å². The van der Waals surface area contributed by atoms with Gasteiger partial charge in [0.05, 0.1) is 11.7 Å². The minimum absolute atomic E-state index is 0.252. The zero-order valence-corrected chi connectivity index (χ0v) is 10.6. The monoisotopic (exact) mass is 281 g/mol. The summed E-state index contributed by atoms with van der Waals surface area (Å²) >= 11 is 3.35. The molecule has 0 radical (unpaired) electrons. The molecule has 1 unspecified atom stereocenters. The van der Waals surface area contributed by atoms with E-state index in [1.165, 1.54) is 0 Å². The third-order valence-electron chi connectivity index (χ3n) is 2.52. The summed E-state index contributed by atoms with van der Waals surface area (Å²) < 4.78 is 2.35. The lowest BCUT2D eigenvalue weighted by Crippen LogP contribution is -2.17. The number of rotatable bonds is 2. The quantitative estimate of drug-likeness (QED) is 0.902. The Morgan fingerprint density at radius 2 is 2.25 bits per heavy atom. The molecule has 1 atom stereocenters. The standard InChI is InChI=1S/C10H12BrN5/c1-6-5-13-4-3-7(6)8(12)9-10(11)14-15-16(9)2/h3-5,8H,12H2,1-2H3. The maximum absolute atomic E-state index is 6.20. The summed E-state index contributed by atoms with van der Waals surface area (Å²) in [6.45, 7) is 1.99. The van der Waals surface area contributed by atoms with Crippen LogP contribution in [0, 0.1) is 6.92 Å². The molecule has 0 aliphatic rings. The highest BCUT2D eigenvalue weighted by Crippen LogP contribution is 2.25. The lowest BCUT2D eigenvalue weighted by atomic mass is 10.0. The molecule has 0 aliphatic carbocycles. The van der Waals surface area contributed by atoms with Crippen LogP contribution in [0.25, 0.3) is 0 Å². The highest BCUT2D eigenvalue weighted by atomic mass is 79.9. The van der Waals surface area contributed by atoms with Crippen LogP contribution in [0.5, 0.6) is 0 Å². The first-order valence-electron chi connectivity index (χ1n) is 4.82. The summed E-state index contributed by atoms with van der Waals surface area (Å²) in [6.07, 6.45) is 3.53.